The number of nitro benzene ring substituents is 1. The Kier molecular flexibility index (Phi) is 8.11. The lowest BCUT2D eigenvalue weighted by molar-refractivity contribution is -0.384. The summed E-state index contributed by atoms with van der Waals surface area (Å²) in [6, 6.07) is 11.9. The van der Waals surface area contributed by atoms with Crippen LogP contribution in [0.5, 0.6) is 5.75 Å². The van der Waals surface area contributed by atoms with Gasteiger partial charge in [0.15, 0.2) is 0 Å². The molecule has 1 fully saturated rings. The summed E-state index contributed by atoms with van der Waals surface area (Å²) in [7, 11) is 0. The van der Waals surface area contributed by atoms with Crippen LogP contribution in [0.25, 0.3) is 0 Å². The van der Waals surface area contributed by atoms with E-state index in [9.17, 15) is 14.9 Å². The van der Waals surface area contributed by atoms with Gasteiger partial charge < -0.3 is 9.47 Å². The van der Waals surface area contributed by atoms with Gasteiger partial charge in [-0.1, -0.05) is 12.1 Å². The van der Waals surface area contributed by atoms with Crippen molar-refractivity contribution in [1.29, 1.82) is 0 Å². The maximum Gasteiger partial charge on any atom is 0.269 e. The van der Waals surface area contributed by atoms with Crippen molar-refractivity contribution in [1.82, 2.24) is 10.3 Å². The second-order valence-corrected chi connectivity index (χ2v) is 7.75. The Balaban J connectivity index is 1.50. The molecule has 1 aliphatic heterocycles. The molecular formula is C20H21IN4O5. The van der Waals surface area contributed by atoms with Crippen molar-refractivity contribution in [2.75, 3.05) is 32.8 Å². The molecule has 2 aromatic rings. The number of amides is 1. The smallest absolute Gasteiger partial charge is 0.269 e. The Hall–Kier alpha value is -2.57. The summed E-state index contributed by atoms with van der Waals surface area (Å²) >= 11 is 2.15. The van der Waals surface area contributed by atoms with Crippen LogP contribution in [0.3, 0.4) is 0 Å². The number of ether oxygens (including phenoxy) is 2. The zero-order chi connectivity index (χ0) is 21.3. The van der Waals surface area contributed by atoms with E-state index in [4.69, 9.17) is 9.47 Å². The predicted molar refractivity (Wildman–Crippen MR) is 120 cm³/mol. The molecule has 0 atom stereocenters. The van der Waals surface area contributed by atoms with Crippen molar-refractivity contribution in [2.45, 2.75) is 6.61 Å². The highest BCUT2D eigenvalue weighted by Gasteiger charge is 2.13. The van der Waals surface area contributed by atoms with E-state index in [-0.39, 0.29) is 18.2 Å². The van der Waals surface area contributed by atoms with Gasteiger partial charge in [0.05, 0.1) is 34.5 Å². The van der Waals surface area contributed by atoms with Crippen LogP contribution in [0.1, 0.15) is 11.1 Å². The number of carbonyl (C=O) groups excluding carboxylic acids is 1. The molecule has 1 saturated heterocycles. The number of hydrogen-bond donors (Lipinski definition) is 1. The molecular weight excluding hydrogens is 503 g/mol. The molecule has 30 heavy (non-hydrogen) atoms. The minimum Gasteiger partial charge on any atom is -0.488 e. The molecule has 1 heterocycles. The van der Waals surface area contributed by atoms with Gasteiger partial charge in [0.1, 0.15) is 12.4 Å². The molecule has 0 aliphatic carbocycles. The summed E-state index contributed by atoms with van der Waals surface area (Å²) in [6.45, 7) is 3.29. The van der Waals surface area contributed by atoms with Crippen LogP contribution in [-0.2, 0) is 16.1 Å². The van der Waals surface area contributed by atoms with Gasteiger partial charge in [-0.25, -0.2) is 5.43 Å². The summed E-state index contributed by atoms with van der Waals surface area (Å²) in [5.41, 5.74) is 4.10. The van der Waals surface area contributed by atoms with Crippen LogP contribution in [-0.4, -0.2) is 54.8 Å². The Morgan fingerprint density at radius 1 is 1.30 bits per heavy atom. The van der Waals surface area contributed by atoms with Gasteiger partial charge >= 0.3 is 0 Å². The lowest BCUT2D eigenvalue weighted by Gasteiger charge is -2.25. The zero-order valence-corrected chi connectivity index (χ0v) is 18.3. The van der Waals surface area contributed by atoms with Gasteiger partial charge in [-0.2, -0.15) is 5.10 Å². The summed E-state index contributed by atoms with van der Waals surface area (Å²) < 4.78 is 11.9. The quantitative estimate of drug-likeness (QED) is 0.246. The van der Waals surface area contributed by atoms with Crippen LogP contribution in [0.4, 0.5) is 5.69 Å². The first kappa shape index (κ1) is 22.1. The first-order chi connectivity index (χ1) is 14.5. The molecule has 2 aromatic carbocycles. The van der Waals surface area contributed by atoms with E-state index >= 15 is 0 Å². The molecule has 1 amide bonds. The Morgan fingerprint density at radius 2 is 2.10 bits per heavy atom. The van der Waals surface area contributed by atoms with E-state index in [1.165, 1.54) is 12.1 Å². The number of nitrogens with one attached hydrogen (secondary N) is 1. The molecule has 3 rings (SSSR count). The third-order valence-electron chi connectivity index (χ3n) is 4.35. The zero-order valence-electron chi connectivity index (χ0n) is 16.1. The number of benzene rings is 2. The van der Waals surface area contributed by atoms with E-state index in [0.717, 1.165) is 22.2 Å². The van der Waals surface area contributed by atoms with Crippen molar-refractivity contribution < 1.29 is 19.2 Å². The third kappa shape index (κ3) is 6.75. The molecule has 1 N–H and O–H groups in total. The largest absolute Gasteiger partial charge is 0.488 e. The minimum absolute atomic E-state index is 0.0352. The van der Waals surface area contributed by atoms with E-state index in [1.807, 2.05) is 17.0 Å². The van der Waals surface area contributed by atoms with Gasteiger partial charge in [0.2, 0.25) is 0 Å². The molecule has 9 nitrogen and oxygen atoms in total. The average molecular weight is 524 g/mol. The summed E-state index contributed by atoms with van der Waals surface area (Å²) in [5, 5.41) is 14.9. The van der Waals surface area contributed by atoms with Crippen LogP contribution >= 0.6 is 22.6 Å². The maximum absolute atomic E-state index is 11.9. The van der Waals surface area contributed by atoms with E-state index < -0.39 is 4.92 Å². The van der Waals surface area contributed by atoms with Gasteiger partial charge in [0.25, 0.3) is 11.6 Å². The highest BCUT2D eigenvalue weighted by molar-refractivity contribution is 14.1. The monoisotopic (exact) mass is 524 g/mol. The number of hydrazone groups is 1. The van der Waals surface area contributed by atoms with Crippen LogP contribution < -0.4 is 10.2 Å². The average Bonchev–Trinajstić information content (AvgIpc) is 2.74. The van der Waals surface area contributed by atoms with E-state index in [0.29, 0.717) is 31.1 Å². The number of rotatable bonds is 8. The fourth-order valence-electron chi connectivity index (χ4n) is 2.81. The number of carbonyl (C=O) groups is 1. The summed E-state index contributed by atoms with van der Waals surface area (Å²) in [4.78, 5) is 24.4. The van der Waals surface area contributed by atoms with E-state index in [2.05, 4.69) is 33.1 Å². The molecule has 158 valence electrons. The maximum atomic E-state index is 11.9. The molecule has 0 spiro atoms. The van der Waals surface area contributed by atoms with Crippen molar-refractivity contribution in [2.24, 2.45) is 5.10 Å². The number of hydrogen-bond acceptors (Lipinski definition) is 7. The SMILES string of the molecule is O=C(CN1CCOCC1)N/N=C/c1ccc(OCc2cccc([N+](=O)[O-])c2)c(I)c1. The molecule has 0 unspecified atom stereocenters. The van der Waals surface area contributed by atoms with Crippen LogP contribution in [0, 0.1) is 13.7 Å². The Labute approximate surface area is 187 Å². The molecule has 0 saturated carbocycles. The van der Waals surface area contributed by atoms with Crippen LogP contribution in [0.15, 0.2) is 47.6 Å². The van der Waals surface area contributed by atoms with Gasteiger partial charge in [0, 0.05) is 25.2 Å². The fraction of sp³-hybridized carbons (Fsp3) is 0.300. The van der Waals surface area contributed by atoms with Gasteiger partial charge in [-0.3, -0.25) is 19.8 Å². The second kappa shape index (κ2) is 11.0. The molecule has 10 heteroatoms. The van der Waals surface area contributed by atoms with Crippen molar-refractivity contribution >= 4 is 40.4 Å². The molecule has 0 aromatic heterocycles. The normalized spacial score (nSPS) is 14.6. The third-order valence-corrected chi connectivity index (χ3v) is 5.19. The van der Waals surface area contributed by atoms with E-state index in [1.54, 1.807) is 24.4 Å². The first-order valence-electron chi connectivity index (χ1n) is 9.29. The predicted octanol–water partition coefficient (Wildman–Crippen LogP) is 2.56. The number of halogens is 1. The van der Waals surface area contributed by atoms with Gasteiger partial charge in [-0.05, 0) is 51.9 Å². The minimum atomic E-state index is -0.429. The summed E-state index contributed by atoms with van der Waals surface area (Å²) in [5.74, 6) is 0.496. The van der Waals surface area contributed by atoms with Crippen molar-refractivity contribution in [3.8, 4) is 5.75 Å². The molecule has 0 radical (unpaired) electrons. The Morgan fingerprint density at radius 3 is 2.83 bits per heavy atom. The number of morpholine rings is 1. The van der Waals surface area contributed by atoms with Crippen molar-refractivity contribution in [3.05, 3.63) is 67.3 Å². The lowest BCUT2D eigenvalue weighted by Crippen LogP contribution is -2.42. The highest BCUT2D eigenvalue weighted by Crippen LogP contribution is 2.23. The number of nitrogens with zero attached hydrogens (tertiary/aromatic N) is 3. The topological polar surface area (TPSA) is 106 Å². The fourth-order valence-corrected chi connectivity index (χ4v) is 3.51. The van der Waals surface area contributed by atoms with Gasteiger partial charge in [-0.15, -0.1) is 0 Å². The Bertz CT molecular complexity index is 931. The lowest BCUT2D eigenvalue weighted by atomic mass is 10.2. The summed E-state index contributed by atoms with van der Waals surface area (Å²) in [6.07, 6.45) is 1.57. The van der Waals surface area contributed by atoms with Crippen LogP contribution in [0.2, 0.25) is 0 Å². The number of nitro groups is 1. The highest BCUT2D eigenvalue weighted by atomic mass is 127. The molecule has 0 bridgehead atoms. The number of non-ortho nitro benzene ring substituents is 1. The van der Waals surface area contributed by atoms with Crippen molar-refractivity contribution in [3.63, 3.8) is 0 Å². The first-order valence-corrected chi connectivity index (χ1v) is 10.4. The second-order valence-electron chi connectivity index (χ2n) is 6.59. The molecule has 1 aliphatic rings. The standard InChI is InChI=1S/C20H21IN4O5/c21-18-11-15(12-22-23-20(26)13-24-6-8-29-9-7-24)4-5-19(18)30-14-16-2-1-3-17(10-16)25(27)28/h1-5,10-12H,6-9,13-14H2,(H,23,26)/b22-12+.